The topological polar surface area (TPSA) is 41.6 Å². The molecule has 0 aromatic heterocycles. The first-order valence-electron chi connectivity index (χ1n) is 8.14. The maximum atomic E-state index is 12.5. The van der Waals surface area contributed by atoms with Gasteiger partial charge in [0.2, 0.25) is 0 Å². The highest BCUT2D eigenvalue weighted by Crippen LogP contribution is 2.46. The van der Waals surface area contributed by atoms with Crippen LogP contribution in [0.15, 0.2) is 0 Å². The number of hydrogen-bond acceptors (Lipinski definition) is 4. The van der Waals surface area contributed by atoms with Crippen molar-refractivity contribution in [3.63, 3.8) is 0 Å². The molecular formula is C16H30N2O2. The molecule has 2 atom stereocenters. The van der Waals surface area contributed by atoms with E-state index in [2.05, 4.69) is 24.3 Å². The van der Waals surface area contributed by atoms with Crippen molar-refractivity contribution in [1.82, 2.24) is 10.2 Å². The van der Waals surface area contributed by atoms with E-state index in [1.165, 1.54) is 19.3 Å². The van der Waals surface area contributed by atoms with Gasteiger partial charge in [0.1, 0.15) is 5.54 Å². The van der Waals surface area contributed by atoms with E-state index in [4.69, 9.17) is 4.74 Å². The fourth-order valence-electron chi connectivity index (χ4n) is 3.49. The lowest BCUT2D eigenvalue weighted by Gasteiger charge is -2.40. The number of carbonyl (C=O) groups is 1. The molecule has 4 nitrogen and oxygen atoms in total. The van der Waals surface area contributed by atoms with Gasteiger partial charge in [0.25, 0.3) is 0 Å². The van der Waals surface area contributed by atoms with Gasteiger partial charge in [-0.3, -0.25) is 4.79 Å². The molecule has 2 aliphatic rings. The van der Waals surface area contributed by atoms with Crippen LogP contribution in [0.2, 0.25) is 0 Å². The zero-order valence-corrected chi connectivity index (χ0v) is 13.3. The van der Waals surface area contributed by atoms with Crippen LogP contribution >= 0.6 is 0 Å². The number of esters is 1. The maximum absolute atomic E-state index is 12.5. The second-order valence-corrected chi connectivity index (χ2v) is 6.73. The highest BCUT2D eigenvalue weighted by molar-refractivity contribution is 5.81. The molecule has 2 rings (SSSR count). The molecule has 0 aromatic carbocycles. The Morgan fingerprint density at radius 3 is 2.65 bits per heavy atom. The molecule has 0 aliphatic heterocycles. The molecule has 4 heteroatoms. The minimum atomic E-state index is -0.419. The number of likely N-dealkylation sites (N-methyl/N-ethyl adjacent to an activating group) is 1. The molecule has 0 bridgehead atoms. The van der Waals surface area contributed by atoms with Crippen molar-refractivity contribution < 1.29 is 9.53 Å². The van der Waals surface area contributed by atoms with Gasteiger partial charge in [-0.05, 0) is 58.5 Å². The Labute approximate surface area is 123 Å². The number of nitrogens with one attached hydrogen (secondary N) is 1. The van der Waals surface area contributed by atoms with Crippen molar-refractivity contribution in [2.45, 2.75) is 51.0 Å². The van der Waals surface area contributed by atoms with Crippen molar-refractivity contribution in [3.8, 4) is 0 Å². The summed E-state index contributed by atoms with van der Waals surface area (Å²) in [6.45, 7) is 4.18. The summed E-state index contributed by atoms with van der Waals surface area (Å²) in [6, 6.07) is 0. The first kappa shape index (κ1) is 15.8. The molecule has 0 spiro atoms. The van der Waals surface area contributed by atoms with Gasteiger partial charge in [-0.25, -0.2) is 0 Å². The van der Waals surface area contributed by atoms with Crippen molar-refractivity contribution in [2.24, 2.45) is 11.8 Å². The van der Waals surface area contributed by atoms with Crippen molar-refractivity contribution in [1.29, 1.82) is 0 Å². The van der Waals surface area contributed by atoms with E-state index < -0.39 is 5.54 Å². The molecule has 2 unspecified atom stereocenters. The fourth-order valence-corrected chi connectivity index (χ4v) is 3.49. The molecule has 0 aromatic rings. The summed E-state index contributed by atoms with van der Waals surface area (Å²) in [6.07, 6.45) is 7.07. The van der Waals surface area contributed by atoms with Gasteiger partial charge in [-0.1, -0.05) is 12.8 Å². The molecule has 0 heterocycles. The number of hydrogen-bond donors (Lipinski definition) is 1. The number of carbonyl (C=O) groups excluding carboxylic acids is 1. The van der Waals surface area contributed by atoms with E-state index in [1.807, 2.05) is 6.92 Å². The Morgan fingerprint density at radius 1 is 1.30 bits per heavy atom. The van der Waals surface area contributed by atoms with Crippen LogP contribution in [-0.4, -0.2) is 50.2 Å². The van der Waals surface area contributed by atoms with Crippen LogP contribution in [0.5, 0.6) is 0 Å². The Hall–Kier alpha value is -0.610. The third kappa shape index (κ3) is 3.95. The Kier molecular flexibility index (Phi) is 5.44. The molecule has 0 saturated heterocycles. The average Bonchev–Trinajstić information content (AvgIpc) is 3.23. The number of nitrogens with zero attached hydrogens (tertiary/aromatic N) is 1. The van der Waals surface area contributed by atoms with Gasteiger partial charge in [-0.2, -0.15) is 0 Å². The predicted molar refractivity (Wildman–Crippen MR) is 80.6 cm³/mol. The monoisotopic (exact) mass is 282 g/mol. The van der Waals surface area contributed by atoms with Gasteiger partial charge >= 0.3 is 5.97 Å². The van der Waals surface area contributed by atoms with Crippen LogP contribution in [0.3, 0.4) is 0 Å². The normalized spacial score (nSPS) is 30.5. The Morgan fingerprint density at radius 2 is 2.05 bits per heavy atom. The molecule has 0 radical (unpaired) electrons. The van der Waals surface area contributed by atoms with Crippen molar-refractivity contribution in [2.75, 3.05) is 33.8 Å². The van der Waals surface area contributed by atoms with Crippen LogP contribution in [0.25, 0.3) is 0 Å². The molecular weight excluding hydrogens is 252 g/mol. The van der Waals surface area contributed by atoms with Crippen LogP contribution in [-0.2, 0) is 9.53 Å². The van der Waals surface area contributed by atoms with Crippen molar-refractivity contribution in [3.05, 3.63) is 0 Å². The largest absolute Gasteiger partial charge is 0.465 e. The molecule has 2 fully saturated rings. The zero-order chi connectivity index (χ0) is 14.6. The second-order valence-electron chi connectivity index (χ2n) is 6.73. The van der Waals surface area contributed by atoms with Crippen LogP contribution in [0.4, 0.5) is 0 Å². The van der Waals surface area contributed by atoms with E-state index in [1.54, 1.807) is 0 Å². The average molecular weight is 282 g/mol. The lowest BCUT2D eigenvalue weighted by atomic mass is 9.73. The first-order chi connectivity index (χ1) is 9.57. The summed E-state index contributed by atoms with van der Waals surface area (Å²) in [7, 11) is 4.12. The summed E-state index contributed by atoms with van der Waals surface area (Å²) >= 11 is 0. The van der Waals surface area contributed by atoms with Crippen molar-refractivity contribution >= 4 is 5.97 Å². The quantitative estimate of drug-likeness (QED) is 0.726. The van der Waals surface area contributed by atoms with E-state index in [0.29, 0.717) is 6.61 Å². The van der Waals surface area contributed by atoms with Gasteiger partial charge in [0.05, 0.1) is 6.61 Å². The maximum Gasteiger partial charge on any atom is 0.326 e. The van der Waals surface area contributed by atoms with Gasteiger partial charge in [0.15, 0.2) is 0 Å². The molecule has 20 heavy (non-hydrogen) atoms. The fraction of sp³-hybridized carbons (Fsp3) is 0.938. The van der Waals surface area contributed by atoms with Gasteiger partial charge in [0, 0.05) is 13.1 Å². The van der Waals surface area contributed by atoms with E-state index >= 15 is 0 Å². The summed E-state index contributed by atoms with van der Waals surface area (Å²) in [4.78, 5) is 14.6. The summed E-state index contributed by atoms with van der Waals surface area (Å²) in [5, 5.41) is 3.55. The third-order valence-electron chi connectivity index (χ3n) is 4.77. The lowest BCUT2D eigenvalue weighted by molar-refractivity contribution is -0.153. The second kappa shape index (κ2) is 6.90. The third-order valence-corrected chi connectivity index (χ3v) is 4.77. The summed E-state index contributed by atoms with van der Waals surface area (Å²) < 4.78 is 5.38. The van der Waals surface area contributed by atoms with Gasteiger partial charge in [-0.15, -0.1) is 0 Å². The summed E-state index contributed by atoms with van der Waals surface area (Å²) in [5.41, 5.74) is -0.419. The van der Waals surface area contributed by atoms with Crippen LogP contribution in [0.1, 0.15) is 45.4 Å². The molecule has 2 saturated carbocycles. The number of ether oxygens (including phenoxy) is 1. The highest BCUT2D eigenvalue weighted by Gasteiger charge is 2.47. The van der Waals surface area contributed by atoms with Crippen LogP contribution < -0.4 is 5.32 Å². The molecule has 116 valence electrons. The Balaban J connectivity index is 1.99. The predicted octanol–water partition coefficient (Wildman–Crippen LogP) is 2.04. The zero-order valence-electron chi connectivity index (χ0n) is 13.3. The lowest BCUT2D eigenvalue weighted by Crippen LogP contribution is -2.57. The minimum Gasteiger partial charge on any atom is -0.465 e. The van der Waals surface area contributed by atoms with E-state index in [-0.39, 0.29) is 5.97 Å². The first-order valence-corrected chi connectivity index (χ1v) is 8.14. The number of rotatable bonds is 7. The SMILES string of the molecule is CCOC(=O)C1(NCCN(C)C)CCCC(C2CC2)C1. The van der Waals surface area contributed by atoms with E-state index in [0.717, 1.165) is 44.2 Å². The van der Waals surface area contributed by atoms with Crippen LogP contribution in [0, 0.1) is 11.8 Å². The summed E-state index contributed by atoms with van der Waals surface area (Å²) in [5.74, 6) is 1.57. The molecule has 0 amide bonds. The van der Waals surface area contributed by atoms with E-state index in [9.17, 15) is 4.79 Å². The van der Waals surface area contributed by atoms with Gasteiger partial charge < -0.3 is 15.0 Å². The molecule has 2 aliphatic carbocycles. The minimum absolute atomic E-state index is 0.0240. The standard InChI is InChI=1S/C16H30N2O2/c1-4-20-15(19)16(17-10-11-18(2)3)9-5-6-14(12-16)13-7-8-13/h13-14,17H,4-12H2,1-3H3. The Bertz CT molecular complexity index is 328. The smallest absolute Gasteiger partial charge is 0.326 e. The highest BCUT2D eigenvalue weighted by atomic mass is 16.5. The molecule has 1 N–H and O–H groups in total.